The van der Waals surface area contributed by atoms with E-state index in [4.69, 9.17) is 10.5 Å². The molecule has 2 N–H and O–H groups in total. The maximum Gasteiger partial charge on any atom is 0.123 e. The van der Waals surface area contributed by atoms with Gasteiger partial charge in [-0.15, -0.1) is 0 Å². The minimum atomic E-state index is 0.751. The highest BCUT2D eigenvalue weighted by Crippen LogP contribution is 2.28. The number of nitrogens with two attached hydrogens (primary N) is 1. The van der Waals surface area contributed by atoms with Crippen molar-refractivity contribution in [3.8, 4) is 5.75 Å². The quantitative estimate of drug-likeness (QED) is 0.805. The Kier molecular flexibility index (Phi) is 5.02. The lowest BCUT2D eigenvalue weighted by Crippen LogP contribution is -2.40. The highest BCUT2D eigenvalue weighted by molar-refractivity contribution is 5.33. The second kappa shape index (κ2) is 6.76. The Morgan fingerprint density at radius 3 is 2.72 bits per heavy atom. The van der Waals surface area contributed by atoms with E-state index < -0.39 is 0 Å². The summed E-state index contributed by atoms with van der Waals surface area (Å²) in [7, 11) is 1.74. The summed E-state index contributed by atoms with van der Waals surface area (Å²) < 4.78 is 5.43. The van der Waals surface area contributed by atoms with Crippen LogP contribution in [0, 0.1) is 0 Å². The molecule has 0 bridgehead atoms. The van der Waals surface area contributed by atoms with Crippen LogP contribution < -0.4 is 10.5 Å². The van der Waals surface area contributed by atoms with E-state index in [0.29, 0.717) is 0 Å². The van der Waals surface area contributed by atoms with Crippen LogP contribution in [-0.2, 0) is 6.54 Å². The third kappa shape index (κ3) is 3.24. The molecule has 100 valence electrons. The number of hydrogen-bond acceptors (Lipinski definition) is 3. The maximum atomic E-state index is 5.63. The van der Waals surface area contributed by atoms with Crippen LogP contribution in [0.3, 0.4) is 0 Å². The molecule has 1 aromatic rings. The first-order chi connectivity index (χ1) is 8.85. The molecule has 0 heterocycles. The van der Waals surface area contributed by atoms with Gasteiger partial charge in [0, 0.05) is 18.2 Å². The Morgan fingerprint density at radius 2 is 2.11 bits per heavy atom. The molecule has 18 heavy (non-hydrogen) atoms. The molecule has 3 heteroatoms. The summed E-state index contributed by atoms with van der Waals surface area (Å²) in [5, 5.41) is 0. The third-order valence-corrected chi connectivity index (χ3v) is 3.81. The lowest BCUT2D eigenvalue weighted by atomic mass is 9.91. The molecule has 0 amide bonds. The van der Waals surface area contributed by atoms with Crippen LogP contribution in [0.2, 0.25) is 0 Å². The molecule has 0 spiro atoms. The van der Waals surface area contributed by atoms with Gasteiger partial charge in [0.1, 0.15) is 5.75 Å². The number of nitrogens with zero attached hydrogens (tertiary/aromatic N) is 1. The molecule has 0 unspecified atom stereocenters. The maximum absolute atomic E-state index is 5.63. The van der Waals surface area contributed by atoms with E-state index in [1.807, 2.05) is 12.1 Å². The van der Waals surface area contributed by atoms with E-state index >= 15 is 0 Å². The number of para-hydroxylation sites is 1. The van der Waals surface area contributed by atoms with Gasteiger partial charge < -0.3 is 10.5 Å². The fraction of sp³-hybridized carbons (Fsp3) is 0.600. The lowest BCUT2D eigenvalue weighted by molar-refractivity contribution is 0.117. The zero-order valence-corrected chi connectivity index (χ0v) is 11.3. The summed E-state index contributed by atoms with van der Waals surface area (Å²) in [6, 6.07) is 9.06. The molecule has 0 aromatic heterocycles. The second-order valence-corrected chi connectivity index (χ2v) is 5.01. The largest absolute Gasteiger partial charge is 0.496 e. The number of hydrogen-bond donors (Lipinski definition) is 1. The van der Waals surface area contributed by atoms with E-state index in [1.165, 1.54) is 24.8 Å². The molecule has 1 aliphatic rings. The van der Waals surface area contributed by atoms with E-state index in [2.05, 4.69) is 17.0 Å². The summed E-state index contributed by atoms with van der Waals surface area (Å²) in [5.41, 5.74) is 6.92. The van der Waals surface area contributed by atoms with Gasteiger partial charge in [0.25, 0.3) is 0 Å². The molecule has 0 saturated heterocycles. The Morgan fingerprint density at radius 1 is 1.33 bits per heavy atom. The Bertz CT molecular complexity index is 363. The highest BCUT2D eigenvalue weighted by Gasteiger charge is 2.25. The van der Waals surface area contributed by atoms with Gasteiger partial charge in [-0.3, -0.25) is 4.90 Å². The van der Waals surface area contributed by atoms with Crippen LogP contribution in [0.15, 0.2) is 24.3 Å². The van der Waals surface area contributed by atoms with Crippen molar-refractivity contribution in [2.24, 2.45) is 5.73 Å². The molecular formula is C15H24N2O. The number of ether oxygens (including phenoxy) is 1. The van der Waals surface area contributed by atoms with Gasteiger partial charge in [-0.25, -0.2) is 0 Å². The Balaban J connectivity index is 2.02. The lowest BCUT2D eigenvalue weighted by Gasteiger charge is -2.37. The summed E-state index contributed by atoms with van der Waals surface area (Å²) in [4.78, 5) is 2.56. The van der Waals surface area contributed by atoms with Gasteiger partial charge in [0.15, 0.2) is 0 Å². The van der Waals surface area contributed by atoms with Gasteiger partial charge in [0.05, 0.1) is 7.11 Å². The number of methoxy groups -OCH3 is 1. The summed E-state index contributed by atoms with van der Waals surface area (Å²) in [6.07, 6.45) is 5.11. The zero-order valence-electron chi connectivity index (χ0n) is 11.3. The monoisotopic (exact) mass is 248 g/mol. The first-order valence-electron chi connectivity index (χ1n) is 6.91. The fourth-order valence-corrected chi connectivity index (χ4v) is 2.49. The molecule has 0 aliphatic heterocycles. The van der Waals surface area contributed by atoms with Gasteiger partial charge in [-0.2, -0.15) is 0 Å². The summed E-state index contributed by atoms with van der Waals surface area (Å²) >= 11 is 0. The minimum absolute atomic E-state index is 0.751. The van der Waals surface area contributed by atoms with Crippen LogP contribution >= 0.6 is 0 Å². The van der Waals surface area contributed by atoms with Crippen molar-refractivity contribution in [3.05, 3.63) is 29.8 Å². The van der Waals surface area contributed by atoms with E-state index in [1.54, 1.807) is 7.11 Å². The standard InChI is InChI=1S/C15H24N2O/c1-18-15-9-3-2-6-13(15)12-17(11-5-10-16)14-7-4-8-14/h2-3,6,9,14H,4-5,7-8,10-12,16H2,1H3. The molecule has 1 aliphatic carbocycles. The molecule has 3 nitrogen and oxygen atoms in total. The molecule has 1 aromatic carbocycles. The number of rotatable bonds is 7. The van der Waals surface area contributed by atoms with Gasteiger partial charge in [-0.05, 0) is 38.4 Å². The molecule has 2 rings (SSSR count). The van der Waals surface area contributed by atoms with Gasteiger partial charge in [-0.1, -0.05) is 24.6 Å². The molecule has 1 fully saturated rings. The van der Waals surface area contributed by atoms with Crippen molar-refractivity contribution in [2.75, 3.05) is 20.2 Å². The fourth-order valence-electron chi connectivity index (χ4n) is 2.49. The molecule has 0 atom stereocenters. The van der Waals surface area contributed by atoms with Gasteiger partial charge in [0.2, 0.25) is 0 Å². The Labute approximate surface area is 110 Å². The van der Waals surface area contributed by atoms with Crippen LogP contribution in [0.1, 0.15) is 31.2 Å². The van der Waals surface area contributed by atoms with Crippen molar-refractivity contribution in [2.45, 2.75) is 38.3 Å². The number of benzene rings is 1. The van der Waals surface area contributed by atoms with Crippen molar-refractivity contribution in [1.29, 1.82) is 0 Å². The predicted molar refractivity (Wildman–Crippen MR) is 74.7 cm³/mol. The SMILES string of the molecule is COc1ccccc1CN(CCCN)C1CCC1. The normalized spacial score (nSPS) is 15.7. The second-order valence-electron chi connectivity index (χ2n) is 5.01. The minimum Gasteiger partial charge on any atom is -0.496 e. The Hall–Kier alpha value is -1.06. The predicted octanol–water partition coefficient (Wildman–Crippen LogP) is 2.40. The van der Waals surface area contributed by atoms with Crippen molar-refractivity contribution in [1.82, 2.24) is 4.90 Å². The third-order valence-electron chi connectivity index (χ3n) is 3.81. The summed E-state index contributed by atoms with van der Waals surface area (Å²) in [6.45, 7) is 2.85. The van der Waals surface area contributed by atoms with Crippen molar-refractivity contribution >= 4 is 0 Å². The van der Waals surface area contributed by atoms with Crippen LogP contribution in [-0.4, -0.2) is 31.1 Å². The van der Waals surface area contributed by atoms with Crippen molar-refractivity contribution in [3.63, 3.8) is 0 Å². The average Bonchev–Trinajstić information content (AvgIpc) is 2.34. The molecule has 1 saturated carbocycles. The first kappa shape index (κ1) is 13.4. The smallest absolute Gasteiger partial charge is 0.123 e. The van der Waals surface area contributed by atoms with Crippen LogP contribution in [0.5, 0.6) is 5.75 Å². The van der Waals surface area contributed by atoms with Gasteiger partial charge >= 0.3 is 0 Å². The van der Waals surface area contributed by atoms with Crippen molar-refractivity contribution < 1.29 is 4.74 Å². The van der Waals surface area contributed by atoms with E-state index in [9.17, 15) is 0 Å². The van der Waals surface area contributed by atoms with Crippen LogP contribution in [0.4, 0.5) is 0 Å². The van der Waals surface area contributed by atoms with Crippen LogP contribution in [0.25, 0.3) is 0 Å². The first-order valence-corrected chi connectivity index (χ1v) is 6.91. The highest BCUT2D eigenvalue weighted by atomic mass is 16.5. The van der Waals surface area contributed by atoms with E-state index in [-0.39, 0.29) is 0 Å². The average molecular weight is 248 g/mol. The molecular weight excluding hydrogens is 224 g/mol. The molecule has 0 radical (unpaired) electrons. The van der Waals surface area contributed by atoms with E-state index in [0.717, 1.165) is 37.8 Å². The topological polar surface area (TPSA) is 38.5 Å². The zero-order chi connectivity index (χ0) is 12.8. The summed E-state index contributed by atoms with van der Waals surface area (Å²) in [5.74, 6) is 0.995.